The van der Waals surface area contributed by atoms with Gasteiger partial charge in [0.1, 0.15) is 16.5 Å². The summed E-state index contributed by atoms with van der Waals surface area (Å²) in [5, 5.41) is 9.16. The van der Waals surface area contributed by atoms with Gasteiger partial charge < -0.3 is 41.0 Å². The lowest BCUT2D eigenvalue weighted by Crippen LogP contribution is -2.28. The average molecular weight is 673 g/mol. The lowest BCUT2D eigenvalue weighted by Gasteiger charge is -2.21. The van der Waals surface area contributed by atoms with Crippen LogP contribution in [0, 0.1) is 0 Å². The van der Waals surface area contributed by atoms with Crippen molar-refractivity contribution in [3.63, 3.8) is 0 Å². The maximum absolute atomic E-state index is 12.2. The molecule has 0 saturated carbocycles. The second kappa shape index (κ2) is 15.4. The molecule has 0 atom stereocenters. The predicted molar refractivity (Wildman–Crippen MR) is 187 cm³/mol. The summed E-state index contributed by atoms with van der Waals surface area (Å²) in [7, 11) is 1.57. The summed E-state index contributed by atoms with van der Waals surface area (Å²) in [4.78, 5) is 47.8. The van der Waals surface area contributed by atoms with Gasteiger partial charge >= 0.3 is 0 Å². The van der Waals surface area contributed by atoms with Crippen molar-refractivity contribution in [1.29, 1.82) is 0 Å². The van der Waals surface area contributed by atoms with E-state index in [1.165, 1.54) is 13.1 Å². The fraction of sp³-hybridized carbons (Fsp3) is 0.265. The van der Waals surface area contributed by atoms with Crippen LogP contribution in [-0.4, -0.2) is 61.0 Å². The Kier molecular flexibility index (Phi) is 10.8. The predicted octanol–water partition coefficient (Wildman–Crippen LogP) is 5.52. The standard InChI is InChI=1S/C23H23ClN6O3.C11H14N2O2/c1-14(31)30-10-5-11-33-20-9-8-15(12-19(20)30)27-23-26-13-17(24)21(29-23)28-18-7-4-3-6-16(18)22(32)25-2;1-8(14)13-5-2-6-15-11-4-3-9(12)7-10(11)13/h3-4,6-9,12-13H,5,10-11H2,1-2H3,(H,25,32)(H2,26,27,28,29);3-4,7H,2,5-6,12H2,1H3. The SMILES string of the molecule is CC(=O)N1CCCOc2ccc(N)cc21.CNC(=O)c1ccccc1Nc1nc(Nc2ccc3c(c2)N(C(C)=O)CCCO3)ncc1Cl. The largest absolute Gasteiger partial charge is 0.491 e. The number of anilines is 7. The van der Waals surface area contributed by atoms with Crippen LogP contribution >= 0.6 is 11.6 Å². The number of benzene rings is 3. The van der Waals surface area contributed by atoms with Gasteiger partial charge in [-0.3, -0.25) is 14.4 Å². The molecule has 0 saturated heterocycles. The smallest absolute Gasteiger partial charge is 0.253 e. The molecule has 0 spiro atoms. The van der Waals surface area contributed by atoms with Crippen LogP contribution in [-0.2, 0) is 9.59 Å². The molecule has 0 aliphatic carbocycles. The Morgan fingerprint density at radius 2 is 1.48 bits per heavy atom. The number of rotatable bonds is 5. The van der Waals surface area contributed by atoms with Gasteiger partial charge in [0.05, 0.1) is 42.0 Å². The first-order valence-corrected chi connectivity index (χ1v) is 15.8. The molecule has 14 heteroatoms. The summed E-state index contributed by atoms with van der Waals surface area (Å²) in [6.45, 7) is 5.55. The monoisotopic (exact) mass is 672 g/mol. The van der Waals surface area contributed by atoms with E-state index in [1.54, 1.807) is 54.1 Å². The Morgan fingerprint density at radius 3 is 2.12 bits per heavy atom. The minimum atomic E-state index is -0.233. The number of ether oxygens (including phenoxy) is 2. The Morgan fingerprint density at radius 1 is 0.854 bits per heavy atom. The van der Waals surface area contributed by atoms with Crippen molar-refractivity contribution in [1.82, 2.24) is 15.3 Å². The van der Waals surface area contributed by atoms with Gasteiger partial charge in [-0.1, -0.05) is 23.7 Å². The summed E-state index contributed by atoms with van der Waals surface area (Å²) >= 11 is 6.31. The molecule has 3 aromatic carbocycles. The molecule has 4 aromatic rings. The molecule has 2 aliphatic heterocycles. The number of nitrogens with one attached hydrogen (secondary N) is 3. The highest BCUT2D eigenvalue weighted by Crippen LogP contribution is 2.35. The Labute approximate surface area is 283 Å². The molecular formula is C34H37ClN8O5. The van der Waals surface area contributed by atoms with Gasteiger partial charge in [-0.05, 0) is 61.4 Å². The summed E-state index contributed by atoms with van der Waals surface area (Å²) in [6.07, 6.45) is 3.06. The molecule has 1 aromatic heterocycles. The number of nitrogens with zero attached hydrogens (tertiary/aromatic N) is 4. The number of amides is 3. The maximum Gasteiger partial charge on any atom is 0.253 e. The summed E-state index contributed by atoms with van der Waals surface area (Å²) in [6, 6.07) is 17.9. The van der Waals surface area contributed by atoms with Crippen LogP contribution in [0.3, 0.4) is 0 Å². The molecule has 0 radical (unpaired) electrons. The molecule has 3 heterocycles. The molecule has 2 aliphatic rings. The highest BCUT2D eigenvalue weighted by molar-refractivity contribution is 6.33. The van der Waals surface area contributed by atoms with Crippen molar-refractivity contribution in [2.45, 2.75) is 26.7 Å². The Hall–Kier alpha value is -5.56. The van der Waals surface area contributed by atoms with Gasteiger partial charge in [-0.15, -0.1) is 0 Å². The van der Waals surface area contributed by atoms with Crippen LogP contribution in [0.15, 0.2) is 66.9 Å². The maximum atomic E-state index is 12.2. The number of carbonyl (C=O) groups excluding carboxylic acids is 3. The quantitative estimate of drug-likeness (QED) is 0.199. The van der Waals surface area contributed by atoms with E-state index in [1.807, 2.05) is 30.3 Å². The minimum Gasteiger partial charge on any atom is -0.491 e. The van der Waals surface area contributed by atoms with Crippen LogP contribution in [0.5, 0.6) is 11.5 Å². The molecule has 6 rings (SSSR count). The molecule has 13 nitrogen and oxygen atoms in total. The van der Waals surface area contributed by atoms with E-state index in [0.717, 1.165) is 24.3 Å². The molecule has 0 bridgehead atoms. The molecule has 0 unspecified atom stereocenters. The lowest BCUT2D eigenvalue weighted by molar-refractivity contribution is -0.117. The van der Waals surface area contributed by atoms with Gasteiger partial charge in [-0.25, -0.2) is 4.98 Å². The van der Waals surface area contributed by atoms with Gasteiger partial charge in [0.2, 0.25) is 17.8 Å². The van der Waals surface area contributed by atoms with Crippen molar-refractivity contribution in [3.8, 4) is 11.5 Å². The number of carbonyl (C=O) groups is 3. The van der Waals surface area contributed by atoms with Gasteiger partial charge in [0.25, 0.3) is 5.91 Å². The van der Waals surface area contributed by atoms with Crippen LogP contribution in [0.1, 0.15) is 37.0 Å². The van der Waals surface area contributed by atoms with Crippen molar-refractivity contribution in [2.75, 3.05) is 59.5 Å². The number of nitrogens with two attached hydrogens (primary N) is 1. The number of aromatic nitrogens is 2. The summed E-state index contributed by atoms with van der Waals surface area (Å²) in [5.41, 5.74) is 9.52. The topological polar surface area (TPSA) is 164 Å². The van der Waals surface area contributed by atoms with E-state index < -0.39 is 0 Å². The van der Waals surface area contributed by atoms with E-state index >= 15 is 0 Å². The normalized spacial score (nSPS) is 13.5. The van der Waals surface area contributed by atoms with E-state index in [-0.39, 0.29) is 17.7 Å². The average Bonchev–Trinajstić information content (AvgIpc) is 3.42. The van der Waals surface area contributed by atoms with Crippen LogP contribution in [0.2, 0.25) is 5.02 Å². The molecule has 48 heavy (non-hydrogen) atoms. The fourth-order valence-corrected chi connectivity index (χ4v) is 5.33. The zero-order valence-corrected chi connectivity index (χ0v) is 27.6. The molecule has 250 valence electrons. The number of hydrogen-bond acceptors (Lipinski definition) is 10. The van der Waals surface area contributed by atoms with Crippen molar-refractivity contribution in [2.24, 2.45) is 0 Å². The van der Waals surface area contributed by atoms with Gasteiger partial charge in [0, 0.05) is 45.4 Å². The fourth-order valence-electron chi connectivity index (χ4n) is 5.20. The number of hydrogen-bond donors (Lipinski definition) is 4. The second-order valence-corrected chi connectivity index (χ2v) is 11.3. The first-order chi connectivity index (χ1) is 23.1. The first-order valence-electron chi connectivity index (χ1n) is 15.4. The van der Waals surface area contributed by atoms with Crippen molar-refractivity contribution in [3.05, 3.63) is 77.4 Å². The van der Waals surface area contributed by atoms with Gasteiger partial charge in [-0.2, -0.15) is 4.98 Å². The number of fused-ring (bicyclic) bond motifs is 2. The number of nitrogen functional groups attached to an aromatic ring is 1. The molecule has 3 amide bonds. The highest BCUT2D eigenvalue weighted by Gasteiger charge is 2.21. The number of para-hydroxylation sites is 1. The van der Waals surface area contributed by atoms with E-state index in [2.05, 4.69) is 25.9 Å². The Balaban J connectivity index is 0.000000250. The van der Waals surface area contributed by atoms with Gasteiger partial charge in [0.15, 0.2) is 5.82 Å². The van der Waals surface area contributed by atoms with E-state index in [9.17, 15) is 14.4 Å². The molecular weight excluding hydrogens is 636 g/mol. The minimum absolute atomic E-state index is 0.0207. The number of halogens is 1. The highest BCUT2D eigenvalue weighted by atomic mass is 35.5. The van der Waals surface area contributed by atoms with E-state index in [0.29, 0.717) is 77.2 Å². The zero-order valence-electron chi connectivity index (χ0n) is 26.9. The first kappa shape index (κ1) is 33.8. The third-order valence-corrected chi connectivity index (χ3v) is 7.78. The summed E-state index contributed by atoms with van der Waals surface area (Å²) < 4.78 is 11.3. The van der Waals surface area contributed by atoms with E-state index in [4.69, 9.17) is 26.8 Å². The van der Waals surface area contributed by atoms with Crippen molar-refractivity contribution < 1.29 is 23.9 Å². The third kappa shape index (κ3) is 8.04. The second-order valence-electron chi connectivity index (χ2n) is 10.9. The third-order valence-electron chi connectivity index (χ3n) is 7.50. The molecule has 0 fully saturated rings. The van der Waals surface area contributed by atoms with Crippen LogP contribution in [0.4, 0.5) is 40.2 Å². The molecule has 5 N–H and O–H groups in total. The van der Waals surface area contributed by atoms with Crippen molar-refractivity contribution >= 4 is 69.5 Å². The van der Waals surface area contributed by atoms with Crippen LogP contribution in [0.25, 0.3) is 0 Å². The lowest BCUT2D eigenvalue weighted by atomic mass is 10.1. The zero-order chi connectivity index (χ0) is 34.2. The van der Waals surface area contributed by atoms with Crippen LogP contribution < -0.4 is 41.0 Å². The Bertz CT molecular complexity index is 1820. The summed E-state index contributed by atoms with van der Waals surface area (Å²) in [5.74, 6) is 1.76.